The number of amides is 1. The molecule has 1 amide bonds. The summed E-state index contributed by atoms with van der Waals surface area (Å²) >= 11 is 0. The lowest BCUT2D eigenvalue weighted by molar-refractivity contribution is -0.118. The Morgan fingerprint density at radius 2 is 1.88 bits per heavy atom. The maximum absolute atomic E-state index is 13.2. The average molecular weight is 343 g/mol. The van der Waals surface area contributed by atoms with Crippen LogP contribution in [0.2, 0.25) is 0 Å². The molecule has 0 saturated heterocycles. The van der Waals surface area contributed by atoms with Crippen molar-refractivity contribution >= 4 is 11.7 Å². The summed E-state index contributed by atoms with van der Waals surface area (Å²) in [4.78, 5) is 25.2. The van der Waals surface area contributed by atoms with E-state index in [2.05, 4.69) is 10.4 Å². The molecule has 0 aliphatic heterocycles. The molecule has 5 nitrogen and oxygen atoms in total. The molecule has 0 unspecified atom stereocenters. The molecule has 3 rings (SSSR count). The Bertz CT molecular complexity index is 807. The van der Waals surface area contributed by atoms with Crippen molar-refractivity contribution in [2.75, 3.05) is 0 Å². The molecule has 1 atom stereocenters. The fraction of sp³-hybridized carbons (Fsp3) is 0.421. The first-order chi connectivity index (χ1) is 11.9. The largest absolute Gasteiger partial charge is 0.342 e. The van der Waals surface area contributed by atoms with Gasteiger partial charge in [0.1, 0.15) is 5.82 Å². The number of Topliss-reactive ketones (excluding diaryl/α,β-unsaturated/α-hetero) is 1. The van der Waals surface area contributed by atoms with Crippen LogP contribution in [0.25, 0.3) is 0 Å². The summed E-state index contributed by atoms with van der Waals surface area (Å²) in [7, 11) is 1.74. The van der Waals surface area contributed by atoms with Gasteiger partial charge in [-0.05, 0) is 50.3 Å². The third-order valence-electron chi connectivity index (χ3n) is 5.08. The van der Waals surface area contributed by atoms with Gasteiger partial charge in [-0.3, -0.25) is 14.3 Å². The lowest BCUT2D eigenvalue weighted by Gasteiger charge is -2.34. The van der Waals surface area contributed by atoms with E-state index in [-0.39, 0.29) is 17.8 Å². The molecule has 1 aliphatic rings. The lowest BCUT2D eigenvalue weighted by Crippen LogP contribution is -2.40. The van der Waals surface area contributed by atoms with E-state index in [0.29, 0.717) is 17.0 Å². The van der Waals surface area contributed by atoms with Crippen LogP contribution >= 0.6 is 0 Å². The van der Waals surface area contributed by atoms with Crippen LogP contribution in [0.5, 0.6) is 0 Å². The van der Waals surface area contributed by atoms with Crippen molar-refractivity contribution in [2.24, 2.45) is 13.0 Å². The molecule has 1 saturated carbocycles. The van der Waals surface area contributed by atoms with Gasteiger partial charge in [-0.2, -0.15) is 5.10 Å². The number of ketones is 1. The molecule has 25 heavy (non-hydrogen) atoms. The van der Waals surface area contributed by atoms with E-state index in [4.69, 9.17) is 0 Å². The molecule has 1 aromatic heterocycles. The number of halogens is 1. The number of hydrogen-bond donors (Lipinski definition) is 1. The SMILES string of the molecule is Cc1nn(C)c(C)c1C(=O)C(=O)N[C@@H](c1ccc(F)cc1)C1CCC1. The number of nitrogens with zero attached hydrogens (tertiary/aromatic N) is 2. The number of aryl methyl sites for hydroxylation is 2. The second-order valence-corrected chi connectivity index (χ2v) is 6.69. The van der Waals surface area contributed by atoms with Crippen LogP contribution in [0, 0.1) is 25.6 Å². The molecule has 1 aliphatic carbocycles. The van der Waals surface area contributed by atoms with Gasteiger partial charge in [0.2, 0.25) is 0 Å². The fourth-order valence-electron chi connectivity index (χ4n) is 3.34. The summed E-state index contributed by atoms with van der Waals surface area (Å²) in [6.45, 7) is 3.49. The molecule has 0 bridgehead atoms. The minimum Gasteiger partial charge on any atom is -0.342 e. The number of hydrogen-bond acceptors (Lipinski definition) is 3. The molecule has 6 heteroatoms. The van der Waals surface area contributed by atoms with Crippen LogP contribution in [0.15, 0.2) is 24.3 Å². The molecule has 1 heterocycles. The first-order valence-corrected chi connectivity index (χ1v) is 8.49. The number of benzene rings is 1. The van der Waals surface area contributed by atoms with E-state index in [0.717, 1.165) is 24.8 Å². The molecule has 2 aromatic rings. The maximum Gasteiger partial charge on any atom is 0.293 e. The molecule has 0 spiro atoms. The zero-order valence-corrected chi connectivity index (χ0v) is 14.7. The van der Waals surface area contributed by atoms with E-state index in [1.165, 1.54) is 12.1 Å². The summed E-state index contributed by atoms with van der Waals surface area (Å²) in [5, 5.41) is 7.07. The molecule has 1 N–H and O–H groups in total. The van der Waals surface area contributed by atoms with Gasteiger partial charge in [0.15, 0.2) is 0 Å². The monoisotopic (exact) mass is 343 g/mol. The van der Waals surface area contributed by atoms with Gasteiger partial charge in [0.05, 0.1) is 17.3 Å². The van der Waals surface area contributed by atoms with Gasteiger partial charge in [0, 0.05) is 12.7 Å². The van der Waals surface area contributed by atoms with Crippen molar-refractivity contribution in [1.29, 1.82) is 0 Å². The van der Waals surface area contributed by atoms with E-state index >= 15 is 0 Å². The average Bonchev–Trinajstić information content (AvgIpc) is 2.77. The first kappa shape index (κ1) is 17.3. The molecular weight excluding hydrogens is 321 g/mol. The van der Waals surface area contributed by atoms with Crippen molar-refractivity contribution in [3.05, 3.63) is 52.6 Å². The quantitative estimate of drug-likeness (QED) is 0.670. The Morgan fingerprint density at radius 3 is 2.36 bits per heavy atom. The summed E-state index contributed by atoms with van der Waals surface area (Å²) in [6, 6.07) is 5.82. The van der Waals surface area contributed by atoms with Gasteiger partial charge < -0.3 is 5.32 Å². The molecule has 1 fully saturated rings. The topological polar surface area (TPSA) is 64.0 Å². The van der Waals surface area contributed by atoms with Crippen molar-refractivity contribution in [3.63, 3.8) is 0 Å². The summed E-state index contributed by atoms with van der Waals surface area (Å²) in [6.07, 6.45) is 3.08. The summed E-state index contributed by atoms with van der Waals surface area (Å²) < 4.78 is 14.8. The summed E-state index contributed by atoms with van der Waals surface area (Å²) in [5.74, 6) is -1.26. The third-order valence-corrected chi connectivity index (χ3v) is 5.08. The van der Waals surface area contributed by atoms with Gasteiger partial charge in [0.25, 0.3) is 11.7 Å². The highest BCUT2D eigenvalue weighted by molar-refractivity contribution is 6.43. The molecule has 0 radical (unpaired) electrons. The zero-order chi connectivity index (χ0) is 18.1. The van der Waals surface area contributed by atoms with E-state index in [1.54, 1.807) is 37.7 Å². The second kappa shape index (κ2) is 6.78. The van der Waals surface area contributed by atoms with Crippen LogP contribution in [-0.2, 0) is 11.8 Å². The van der Waals surface area contributed by atoms with Crippen molar-refractivity contribution < 1.29 is 14.0 Å². The fourth-order valence-corrected chi connectivity index (χ4v) is 3.34. The van der Waals surface area contributed by atoms with Gasteiger partial charge in [-0.15, -0.1) is 0 Å². The second-order valence-electron chi connectivity index (χ2n) is 6.69. The van der Waals surface area contributed by atoms with Crippen LogP contribution < -0.4 is 5.32 Å². The molecule has 132 valence electrons. The Kier molecular flexibility index (Phi) is 4.70. The third kappa shape index (κ3) is 3.34. The van der Waals surface area contributed by atoms with Gasteiger partial charge >= 0.3 is 0 Å². The zero-order valence-electron chi connectivity index (χ0n) is 14.7. The standard InChI is InChI=1S/C19H22FN3O2/c1-11-16(12(2)23(3)22-11)18(24)19(25)21-17(13-5-4-6-13)14-7-9-15(20)10-8-14/h7-10,13,17H,4-6H2,1-3H3,(H,21,25)/t17-/m1/s1. The minimum atomic E-state index is -0.638. The van der Waals surface area contributed by atoms with Crippen LogP contribution in [-0.4, -0.2) is 21.5 Å². The highest BCUT2D eigenvalue weighted by Gasteiger charge is 2.32. The Hall–Kier alpha value is -2.50. The number of carbonyl (C=O) groups is 2. The van der Waals surface area contributed by atoms with Crippen LogP contribution in [0.1, 0.15) is 52.6 Å². The highest BCUT2D eigenvalue weighted by atomic mass is 19.1. The molecular formula is C19H22FN3O2. The van der Waals surface area contributed by atoms with E-state index in [9.17, 15) is 14.0 Å². The van der Waals surface area contributed by atoms with Crippen molar-refractivity contribution in [2.45, 2.75) is 39.2 Å². The highest BCUT2D eigenvalue weighted by Crippen LogP contribution is 2.37. The number of rotatable bonds is 5. The van der Waals surface area contributed by atoms with Gasteiger partial charge in [-0.1, -0.05) is 18.6 Å². The Labute approximate surface area is 146 Å². The van der Waals surface area contributed by atoms with Crippen molar-refractivity contribution in [1.82, 2.24) is 15.1 Å². The minimum absolute atomic E-state index is 0.275. The Morgan fingerprint density at radius 1 is 1.24 bits per heavy atom. The predicted molar refractivity (Wildman–Crippen MR) is 91.6 cm³/mol. The number of aromatic nitrogens is 2. The van der Waals surface area contributed by atoms with Crippen LogP contribution in [0.4, 0.5) is 4.39 Å². The summed E-state index contributed by atoms with van der Waals surface area (Å²) in [5.41, 5.74) is 2.39. The van der Waals surface area contributed by atoms with Gasteiger partial charge in [-0.25, -0.2) is 4.39 Å². The predicted octanol–water partition coefficient (Wildman–Crippen LogP) is 3.02. The number of carbonyl (C=O) groups excluding carboxylic acids is 2. The van der Waals surface area contributed by atoms with Crippen LogP contribution in [0.3, 0.4) is 0 Å². The Balaban J connectivity index is 1.82. The normalized spacial score (nSPS) is 15.5. The maximum atomic E-state index is 13.2. The first-order valence-electron chi connectivity index (χ1n) is 8.49. The van der Waals surface area contributed by atoms with E-state index < -0.39 is 11.7 Å². The number of nitrogens with one attached hydrogen (secondary N) is 1. The smallest absolute Gasteiger partial charge is 0.293 e. The van der Waals surface area contributed by atoms with Crippen molar-refractivity contribution in [3.8, 4) is 0 Å². The molecule has 1 aromatic carbocycles. The van der Waals surface area contributed by atoms with E-state index in [1.807, 2.05) is 0 Å². The lowest BCUT2D eigenvalue weighted by atomic mass is 9.77.